The van der Waals surface area contributed by atoms with E-state index in [1.54, 1.807) is 6.08 Å². The van der Waals surface area contributed by atoms with Crippen LogP contribution in [0.1, 0.15) is 24.8 Å². The lowest BCUT2D eigenvalue weighted by atomic mass is 10.0. The molecule has 1 amide bonds. The molecule has 1 aliphatic rings. The Morgan fingerprint density at radius 3 is 2.63 bits per heavy atom. The van der Waals surface area contributed by atoms with Crippen LogP contribution in [0.2, 0.25) is 0 Å². The molecule has 2 rings (SSSR count). The van der Waals surface area contributed by atoms with Gasteiger partial charge >= 0.3 is 5.97 Å². The van der Waals surface area contributed by atoms with Crippen LogP contribution in [0.3, 0.4) is 0 Å². The lowest BCUT2D eigenvalue weighted by Crippen LogP contribution is -2.39. The van der Waals surface area contributed by atoms with E-state index in [1.807, 2.05) is 30.3 Å². The van der Waals surface area contributed by atoms with Gasteiger partial charge in [-0.2, -0.15) is 0 Å². The third kappa shape index (κ3) is 3.68. The summed E-state index contributed by atoms with van der Waals surface area (Å²) in [5.74, 6) is -1.51. The van der Waals surface area contributed by atoms with E-state index in [0.29, 0.717) is 6.42 Å². The molecule has 2 N–H and O–H groups in total. The van der Waals surface area contributed by atoms with Gasteiger partial charge in [0.05, 0.1) is 5.92 Å². The van der Waals surface area contributed by atoms with Crippen molar-refractivity contribution in [3.8, 4) is 0 Å². The lowest BCUT2D eigenvalue weighted by Gasteiger charge is -2.16. The van der Waals surface area contributed by atoms with Crippen LogP contribution in [0.15, 0.2) is 36.4 Å². The number of nitrogens with one attached hydrogen (secondary N) is 1. The Bertz CT molecular complexity index is 481. The van der Waals surface area contributed by atoms with Gasteiger partial charge in [0, 0.05) is 12.1 Å². The van der Waals surface area contributed by atoms with Crippen molar-refractivity contribution in [1.29, 1.82) is 0 Å². The van der Waals surface area contributed by atoms with Crippen LogP contribution in [0.5, 0.6) is 0 Å². The van der Waals surface area contributed by atoms with E-state index in [1.165, 1.54) is 6.08 Å². The Labute approximate surface area is 112 Å². The predicted molar refractivity (Wildman–Crippen MR) is 72.4 cm³/mol. The highest BCUT2D eigenvalue weighted by Crippen LogP contribution is 2.25. The molecule has 0 saturated heterocycles. The van der Waals surface area contributed by atoms with Gasteiger partial charge < -0.3 is 10.4 Å². The van der Waals surface area contributed by atoms with Gasteiger partial charge in [-0.1, -0.05) is 36.8 Å². The SMILES string of the molecule is O=C(C=Cc1ccccc1)NC1CCCC1C(=O)O. The van der Waals surface area contributed by atoms with Crippen molar-refractivity contribution in [1.82, 2.24) is 5.32 Å². The van der Waals surface area contributed by atoms with Crippen LogP contribution in [-0.4, -0.2) is 23.0 Å². The number of carboxylic acids is 1. The van der Waals surface area contributed by atoms with E-state index >= 15 is 0 Å². The number of carbonyl (C=O) groups is 2. The smallest absolute Gasteiger partial charge is 0.308 e. The van der Waals surface area contributed by atoms with Gasteiger partial charge in [0.15, 0.2) is 0 Å². The van der Waals surface area contributed by atoms with Crippen molar-refractivity contribution in [2.75, 3.05) is 0 Å². The van der Waals surface area contributed by atoms with Crippen LogP contribution in [0.4, 0.5) is 0 Å². The van der Waals surface area contributed by atoms with Crippen LogP contribution in [-0.2, 0) is 9.59 Å². The zero-order valence-electron chi connectivity index (χ0n) is 10.6. The summed E-state index contributed by atoms with van der Waals surface area (Å²) < 4.78 is 0. The minimum Gasteiger partial charge on any atom is -0.481 e. The average molecular weight is 259 g/mol. The van der Waals surface area contributed by atoms with E-state index in [2.05, 4.69) is 5.32 Å². The average Bonchev–Trinajstić information content (AvgIpc) is 2.86. The first-order valence-corrected chi connectivity index (χ1v) is 6.43. The third-order valence-electron chi connectivity index (χ3n) is 3.39. The van der Waals surface area contributed by atoms with E-state index in [0.717, 1.165) is 18.4 Å². The molecule has 19 heavy (non-hydrogen) atoms. The van der Waals surface area contributed by atoms with Gasteiger partial charge in [-0.15, -0.1) is 0 Å². The second-order valence-electron chi connectivity index (χ2n) is 4.73. The highest BCUT2D eigenvalue weighted by molar-refractivity contribution is 5.92. The fraction of sp³-hybridized carbons (Fsp3) is 0.333. The third-order valence-corrected chi connectivity index (χ3v) is 3.39. The number of aliphatic carboxylic acids is 1. The van der Waals surface area contributed by atoms with Crippen LogP contribution < -0.4 is 5.32 Å². The van der Waals surface area contributed by atoms with Crippen molar-refractivity contribution in [3.63, 3.8) is 0 Å². The molecule has 0 radical (unpaired) electrons. The number of rotatable bonds is 4. The first-order chi connectivity index (χ1) is 9.16. The zero-order chi connectivity index (χ0) is 13.7. The molecule has 100 valence electrons. The highest BCUT2D eigenvalue weighted by atomic mass is 16.4. The molecule has 4 heteroatoms. The topological polar surface area (TPSA) is 66.4 Å². The molecule has 4 nitrogen and oxygen atoms in total. The molecule has 0 spiro atoms. The summed E-state index contributed by atoms with van der Waals surface area (Å²) in [6, 6.07) is 9.27. The minimum atomic E-state index is -0.824. The number of carboxylic acid groups (broad SMARTS) is 1. The molecular formula is C15H17NO3. The molecule has 2 atom stereocenters. The van der Waals surface area contributed by atoms with E-state index < -0.39 is 11.9 Å². The van der Waals surface area contributed by atoms with Gasteiger partial charge in [0.2, 0.25) is 5.91 Å². The molecule has 0 aromatic heterocycles. The Hall–Kier alpha value is -2.10. The minimum absolute atomic E-state index is 0.234. The van der Waals surface area contributed by atoms with Crippen molar-refractivity contribution in [2.45, 2.75) is 25.3 Å². The van der Waals surface area contributed by atoms with E-state index in [-0.39, 0.29) is 11.9 Å². The monoisotopic (exact) mass is 259 g/mol. The molecule has 0 aliphatic heterocycles. The first kappa shape index (κ1) is 13.3. The summed E-state index contributed by atoms with van der Waals surface area (Å²) in [7, 11) is 0. The predicted octanol–water partition coefficient (Wildman–Crippen LogP) is 2.07. The normalized spacial score (nSPS) is 22.5. The Kier molecular flexibility index (Phi) is 4.34. The number of benzene rings is 1. The zero-order valence-corrected chi connectivity index (χ0v) is 10.6. The standard InChI is InChI=1S/C15H17NO3/c17-14(10-9-11-5-2-1-3-6-11)16-13-8-4-7-12(13)15(18)19/h1-3,5-6,9-10,12-13H,4,7-8H2,(H,16,17)(H,18,19). The first-order valence-electron chi connectivity index (χ1n) is 6.43. The molecule has 1 fully saturated rings. The maximum Gasteiger partial charge on any atom is 0.308 e. The van der Waals surface area contributed by atoms with Crippen molar-refractivity contribution < 1.29 is 14.7 Å². The van der Waals surface area contributed by atoms with Gasteiger partial charge in [0.25, 0.3) is 0 Å². The second kappa shape index (κ2) is 6.18. The second-order valence-corrected chi connectivity index (χ2v) is 4.73. The quantitative estimate of drug-likeness (QED) is 0.813. The fourth-order valence-electron chi connectivity index (χ4n) is 2.40. The molecule has 0 heterocycles. The summed E-state index contributed by atoms with van der Waals surface area (Å²) in [6.45, 7) is 0. The summed E-state index contributed by atoms with van der Waals surface area (Å²) >= 11 is 0. The van der Waals surface area contributed by atoms with Gasteiger partial charge in [0.1, 0.15) is 0 Å². The molecule has 1 aromatic rings. The molecular weight excluding hydrogens is 242 g/mol. The van der Waals surface area contributed by atoms with E-state index in [9.17, 15) is 9.59 Å². The number of amides is 1. The van der Waals surface area contributed by atoms with Crippen molar-refractivity contribution in [3.05, 3.63) is 42.0 Å². The van der Waals surface area contributed by atoms with Crippen LogP contribution >= 0.6 is 0 Å². The highest BCUT2D eigenvalue weighted by Gasteiger charge is 2.33. The maximum atomic E-state index is 11.7. The van der Waals surface area contributed by atoms with Gasteiger partial charge in [-0.05, 0) is 24.5 Å². The Morgan fingerprint density at radius 2 is 1.95 bits per heavy atom. The van der Waals surface area contributed by atoms with Gasteiger partial charge in [-0.3, -0.25) is 9.59 Å². The molecule has 2 unspecified atom stereocenters. The van der Waals surface area contributed by atoms with Crippen molar-refractivity contribution >= 4 is 18.0 Å². The van der Waals surface area contributed by atoms with E-state index in [4.69, 9.17) is 5.11 Å². The molecule has 1 aromatic carbocycles. The summed E-state index contributed by atoms with van der Waals surface area (Å²) in [5.41, 5.74) is 0.943. The molecule has 0 bridgehead atoms. The summed E-state index contributed by atoms with van der Waals surface area (Å²) in [4.78, 5) is 22.8. The van der Waals surface area contributed by atoms with Crippen molar-refractivity contribution in [2.24, 2.45) is 5.92 Å². The van der Waals surface area contributed by atoms with Gasteiger partial charge in [-0.25, -0.2) is 0 Å². The fourth-order valence-corrected chi connectivity index (χ4v) is 2.40. The van der Waals surface area contributed by atoms with Crippen LogP contribution in [0, 0.1) is 5.92 Å². The van der Waals surface area contributed by atoms with Crippen LogP contribution in [0.25, 0.3) is 6.08 Å². The summed E-state index contributed by atoms with van der Waals surface area (Å²) in [6.07, 6.45) is 5.40. The summed E-state index contributed by atoms with van der Waals surface area (Å²) in [5, 5.41) is 11.8. The number of hydrogen-bond acceptors (Lipinski definition) is 2. The molecule has 1 aliphatic carbocycles. The number of hydrogen-bond donors (Lipinski definition) is 2. The molecule has 1 saturated carbocycles. The lowest BCUT2D eigenvalue weighted by molar-refractivity contribution is -0.142. The largest absolute Gasteiger partial charge is 0.481 e. The Balaban J connectivity index is 1.91. The maximum absolute atomic E-state index is 11.7. The number of carbonyl (C=O) groups excluding carboxylic acids is 1. The Morgan fingerprint density at radius 1 is 1.21 bits per heavy atom.